The van der Waals surface area contributed by atoms with Gasteiger partial charge in [0.2, 0.25) is 0 Å². The average molecular weight is 266 g/mol. The van der Waals surface area contributed by atoms with Crippen molar-refractivity contribution in [3.63, 3.8) is 0 Å². The highest BCUT2D eigenvalue weighted by Crippen LogP contribution is 2.31. The Morgan fingerprint density at radius 2 is 2.22 bits per heavy atom. The smallest absolute Gasteiger partial charge is 0.128 e. The van der Waals surface area contributed by atoms with Gasteiger partial charge in [0.1, 0.15) is 11.3 Å². The number of ether oxygens (including phenoxy) is 1. The van der Waals surface area contributed by atoms with Gasteiger partial charge in [0.15, 0.2) is 0 Å². The van der Waals surface area contributed by atoms with E-state index in [4.69, 9.17) is 16.3 Å². The molecule has 2 aromatic heterocycles. The van der Waals surface area contributed by atoms with Crippen molar-refractivity contribution in [1.82, 2.24) is 14.5 Å². The maximum Gasteiger partial charge on any atom is 0.128 e. The lowest BCUT2D eigenvalue weighted by Gasteiger charge is -2.26. The van der Waals surface area contributed by atoms with Gasteiger partial charge in [0.25, 0.3) is 0 Å². The van der Waals surface area contributed by atoms with Crippen molar-refractivity contribution in [2.75, 3.05) is 13.2 Å². The lowest BCUT2D eigenvalue weighted by molar-refractivity contribution is 0.0698. The number of nitrogens with zero attached hydrogens (tertiary/aromatic N) is 3. The van der Waals surface area contributed by atoms with E-state index in [1.54, 1.807) is 6.20 Å². The highest BCUT2D eigenvalue weighted by molar-refractivity contribution is 6.20. The summed E-state index contributed by atoms with van der Waals surface area (Å²) in [6.07, 6.45) is 5.64. The average Bonchev–Trinajstić information content (AvgIpc) is 2.79. The highest BCUT2D eigenvalue weighted by Gasteiger charge is 2.23. The Morgan fingerprint density at radius 3 is 2.94 bits per heavy atom. The molecule has 3 heterocycles. The molecule has 0 bridgehead atoms. The number of pyridine rings is 1. The van der Waals surface area contributed by atoms with Gasteiger partial charge in [0, 0.05) is 25.5 Å². The van der Waals surface area contributed by atoms with Crippen molar-refractivity contribution in [3.05, 3.63) is 24.3 Å². The molecule has 1 unspecified atom stereocenters. The van der Waals surface area contributed by atoms with E-state index in [9.17, 15) is 0 Å². The van der Waals surface area contributed by atoms with Gasteiger partial charge >= 0.3 is 0 Å². The molecular formula is C13H16ClN3O. The van der Waals surface area contributed by atoms with Gasteiger partial charge in [-0.05, 0) is 25.8 Å². The zero-order valence-corrected chi connectivity index (χ0v) is 11.1. The van der Waals surface area contributed by atoms with Crippen molar-refractivity contribution in [3.8, 4) is 0 Å². The lowest BCUT2D eigenvalue weighted by atomic mass is 10.1. The molecule has 0 saturated carbocycles. The van der Waals surface area contributed by atoms with E-state index in [0.29, 0.717) is 6.04 Å². The second kappa shape index (κ2) is 4.86. The summed E-state index contributed by atoms with van der Waals surface area (Å²) in [5, 5.41) is -0.0970. The van der Waals surface area contributed by atoms with Crippen LogP contribution in [0.3, 0.4) is 0 Å². The Kier molecular flexibility index (Phi) is 3.22. The largest absolute Gasteiger partial charge is 0.381 e. The van der Waals surface area contributed by atoms with Crippen molar-refractivity contribution in [1.29, 1.82) is 0 Å². The number of hydrogen-bond donors (Lipinski definition) is 0. The third-order valence-electron chi connectivity index (χ3n) is 3.43. The first kappa shape index (κ1) is 11.9. The minimum absolute atomic E-state index is 0.0970. The molecule has 0 amide bonds. The molecule has 1 fully saturated rings. The molecule has 0 radical (unpaired) electrons. The Balaban J connectivity index is 2.14. The molecule has 0 spiro atoms. The summed E-state index contributed by atoms with van der Waals surface area (Å²) in [7, 11) is 0. The maximum atomic E-state index is 6.26. The van der Waals surface area contributed by atoms with E-state index < -0.39 is 0 Å². The van der Waals surface area contributed by atoms with Crippen LogP contribution in [0.4, 0.5) is 0 Å². The fourth-order valence-electron chi connectivity index (χ4n) is 2.58. The number of aromatic nitrogens is 3. The molecule has 4 nitrogen and oxygen atoms in total. The van der Waals surface area contributed by atoms with E-state index in [1.165, 1.54) is 0 Å². The summed E-state index contributed by atoms with van der Waals surface area (Å²) < 4.78 is 7.71. The molecule has 3 rings (SSSR count). The number of halogens is 1. The van der Waals surface area contributed by atoms with Crippen LogP contribution < -0.4 is 0 Å². The molecule has 1 saturated heterocycles. The maximum absolute atomic E-state index is 6.26. The first-order chi connectivity index (χ1) is 8.77. The normalized spacial score (nSPS) is 19.2. The quantitative estimate of drug-likeness (QED) is 0.784. The zero-order valence-electron chi connectivity index (χ0n) is 10.3. The van der Waals surface area contributed by atoms with E-state index in [-0.39, 0.29) is 5.38 Å². The Morgan fingerprint density at radius 1 is 1.44 bits per heavy atom. The van der Waals surface area contributed by atoms with Gasteiger partial charge in [0.05, 0.1) is 17.1 Å². The van der Waals surface area contributed by atoms with Gasteiger partial charge in [-0.2, -0.15) is 0 Å². The fourth-order valence-corrected chi connectivity index (χ4v) is 2.73. The summed E-state index contributed by atoms with van der Waals surface area (Å²) >= 11 is 6.26. The minimum atomic E-state index is -0.0970. The lowest BCUT2D eigenvalue weighted by Crippen LogP contribution is -2.21. The number of hydrogen-bond acceptors (Lipinski definition) is 3. The van der Waals surface area contributed by atoms with Gasteiger partial charge in [-0.15, -0.1) is 11.6 Å². The number of imidazole rings is 1. The molecule has 1 aliphatic rings. The standard InChI is InChI=1S/C13H16ClN3O/c1-9(14)13-16-11-8-15-5-2-12(11)17(13)10-3-6-18-7-4-10/h2,5,8-10H,3-4,6-7H2,1H3. The van der Waals surface area contributed by atoms with Crippen molar-refractivity contribution < 1.29 is 4.74 Å². The van der Waals surface area contributed by atoms with Crippen molar-refractivity contribution in [2.45, 2.75) is 31.2 Å². The van der Waals surface area contributed by atoms with E-state index in [1.807, 2.05) is 19.2 Å². The molecule has 0 aromatic carbocycles. The van der Waals surface area contributed by atoms with Crippen LogP contribution in [-0.2, 0) is 4.74 Å². The van der Waals surface area contributed by atoms with Gasteiger partial charge < -0.3 is 9.30 Å². The molecule has 96 valence electrons. The summed E-state index contributed by atoms with van der Waals surface area (Å²) in [4.78, 5) is 8.74. The van der Waals surface area contributed by atoms with Crippen molar-refractivity contribution >= 4 is 22.6 Å². The van der Waals surface area contributed by atoms with E-state index >= 15 is 0 Å². The van der Waals surface area contributed by atoms with Crippen LogP contribution in [0, 0.1) is 0 Å². The highest BCUT2D eigenvalue weighted by atomic mass is 35.5. The van der Waals surface area contributed by atoms with Gasteiger partial charge in [-0.25, -0.2) is 4.98 Å². The Hall–Kier alpha value is -1.13. The molecule has 5 heteroatoms. The van der Waals surface area contributed by atoms with E-state index in [2.05, 4.69) is 14.5 Å². The third kappa shape index (κ3) is 1.99. The molecule has 1 atom stereocenters. The first-order valence-electron chi connectivity index (χ1n) is 6.31. The van der Waals surface area contributed by atoms with E-state index in [0.717, 1.165) is 42.9 Å². The zero-order chi connectivity index (χ0) is 12.5. The van der Waals surface area contributed by atoms with Crippen LogP contribution >= 0.6 is 11.6 Å². The molecule has 1 aliphatic heterocycles. The number of alkyl halides is 1. The van der Waals surface area contributed by atoms with Crippen LogP contribution in [0.5, 0.6) is 0 Å². The summed E-state index contributed by atoms with van der Waals surface area (Å²) in [6, 6.07) is 2.45. The number of fused-ring (bicyclic) bond motifs is 1. The first-order valence-corrected chi connectivity index (χ1v) is 6.74. The molecule has 2 aromatic rings. The monoisotopic (exact) mass is 265 g/mol. The third-order valence-corrected chi connectivity index (χ3v) is 3.63. The summed E-state index contributed by atoms with van der Waals surface area (Å²) in [5.74, 6) is 0.937. The van der Waals surface area contributed by atoms with Gasteiger partial charge in [-0.3, -0.25) is 4.98 Å². The topological polar surface area (TPSA) is 39.9 Å². The van der Waals surface area contributed by atoms with Crippen LogP contribution in [0.1, 0.15) is 37.0 Å². The fraction of sp³-hybridized carbons (Fsp3) is 0.538. The predicted molar refractivity (Wildman–Crippen MR) is 70.9 cm³/mol. The summed E-state index contributed by atoms with van der Waals surface area (Å²) in [5.41, 5.74) is 2.05. The predicted octanol–water partition coefficient (Wildman–Crippen LogP) is 3.08. The van der Waals surface area contributed by atoms with Crippen LogP contribution in [0.15, 0.2) is 18.5 Å². The second-order valence-electron chi connectivity index (χ2n) is 4.66. The molecule has 0 aliphatic carbocycles. The Bertz CT molecular complexity index is 546. The second-order valence-corrected chi connectivity index (χ2v) is 5.32. The van der Waals surface area contributed by atoms with Gasteiger partial charge in [-0.1, -0.05) is 0 Å². The summed E-state index contributed by atoms with van der Waals surface area (Å²) in [6.45, 7) is 3.59. The number of rotatable bonds is 2. The SMILES string of the molecule is CC(Cl)c1nc2cnccc2n1C1CCOCC1. The molecule has 18 heavy (non-hydrogen) atoms. The van der Waals surface area contributed by atoms with Crippen LogP contribution in [0.25, 0.3) is 11.0 Å². The van der Waals surface area contributed by atoms with Crippen LogP contribution in [0.2, 0.25) is 0 Å². The van der Waals surface area contributed by atoms with Crippen LogP contribution in [-0.4, -0.2) is 27.7 Å². The Labute approximate surface area is 111 Å². The van der Waals surface area contributed by atoms with Crippen molar-refractivity contribution in [2.24, 2.45) is 0 Å². The minimum Gasteiger partial charge on any atom is -0.381 e. The molecule has 0 N–H and O–H groups in total. The molecular weight excluding hydrogens is 250 g/mol.